The van der Waals surface area contributed by atoms with E-state index in [1.54, 1.807) is 18.2 Å². The van der Waals surface area contributed by atoms with Crippen LogP contribution in [0.4, 0.5) is 10.5 Å². The number of rotatable bonds is 5. The number of halogens is 2. The van der Waals surface area contributed by atoms with Gasteiger partial charge in [-0.05, 0) is 49.1 Å². The van der Waals surface area contributed by atoms with Gasteiger partial charge < -0.3 is 20.5 Å². The van der Waals surface area contributed by atoms with E-state index in [4.69, 9.17) is 23.2 Å². The van der Waals surface area contributed by atoms with E-state index in [0.717, 1.165) is 38.9 Å². The second-order valence-electron chi connectivity index (χ2n) is 7.45. The summed E-state index contributed by atoms with van der Waals surface area (Å²) in [6.45, 7) is 3.00. The molecule has 4 rings (SSSR count). The molecule has 0 spiro atoms. The summed E-state index contributed by atoms with van der Waals surface area (Å²) < 4.78 is 0. The zero-order valence-electron chi connectivity index (χ0n) is 16.1. The van der Waals surface area contributed by atoms with Gasteiger partial charge in [0, 0.05) is 48.5 Å². The van der Waals surface area contributed by atoms with Crippen molar-refractivity contribution in [1.82, 2.24) is 15.2 Å². The van der Waals surface area contributed by atoms with Crippen LogP contribution in [-0.2, 0) is 6.42 Å². The lowest BCUT2D eigenvalue weighted by atomic mass is 10.0. The highest BCUT2D eigenvalue weighted by molar-refractivity contribution is 6.42. The van der Waals surface area contributed by atoms with Crippen molar-refractivity contribution in [2.45, 2.75) is 25.3 Å². The molecule has 1 fully saturated rings. The molecule has 0 unspecified atom stereocenters. The number of likely N-dealkylation sites (tertiary alicyclic amines) is 1. The maximum absolute atomic E-state index is 12.2. The van der Waals surface area contributed by atoms with Crippen LogP contribution in [0.15, 0.2) is 48.7 Å². The van der Waals surface area contributed by atoms with Crippen LogP contribution in [0.25, 0.3) is 10.9 Å². The molecule has 29 heavy (non-hydrogen) atoms. The standard InChI is InChI=1S/C22H24Cl2N4O/c23-19-6-5-17(13-20(19)24)27-22(29)26-16-8-11-28(12-9-16)10-7-15-14-25-21-4-2-1-3-18(15)21/h1-6,13-14,16,25H,7-12H2,(H2,26,27,29). The SMILES string of the molecule is O=C(Nc1ccc(Cl)c(Cl)c1)NC1CCN(CCc2c[nH]c3ccccc23)CC1. The largest absolute Gasteiger partial charge is 0.361 e. The molecule has 2 heterocycles. The fraction of sp³-hybridized carbons (Fsp3) is 0.318. The summed E-state index contributed by atoms with van der Waals surface area (Å²) in [5.74, 6) is 0. The first-order valence-corrected chi connectivity index (χ1v) is 10.6. The van der Waals surface area contributed by atoms with Crippen molar-refractivity contribution in [1.29, 1.82) is 0 Å². The molecule has 0 atom stereocenters. The van der Waals surface area contributed by atoms with Crippen LogP contribution in [-0.4, -0.2) is 41.6 Å². The van der Waals surface area contributed by atoms with Crippen molar-refractivity contribution >= 4 is 45.8 Å². The summed E-state index contributed by atoms with van der Waals surface area (Å²) in [5.41, 5.74) is 3.19. The second kappa shape index (κ2) is 9.08. The molecule has 2 aromatic carbocycles. The minimum absolute atomic E-state index is 0.183. The minimum atomic E-state index is -0.208. The minimum Gasteiger partial charge on any atom is -0.361 e. The van der Waals surface area contributed by atoms with Gasteiger partial charge in [-0.2, -0.15) is 0 Å². The number of fused-ring (bicyclic) bond motifs is 1. The fourth-order valence-corrected chi connectivity index (χ4v) is 4.14. The first-order chi connectivity index (χ1) is 14.1. The first kappa shape index (κ1) is 20.1. The number of piperidine rings is 1. The predicted octanol–water partition coefficient (Wildman–Crippen LogP) is 5.30. The summed E-state index contributed by atoms with van der Waals surface area (Å²) in [4.78, 5) is 18.1. The number of para-hydroxylation sites is 1. The van der Waals surface area contributed by atoms with Gasteiger partial charge in [-0.25, -0.2) is 4.79 Å². The smallest absolute Gasteiger partial charge is 0.319 e. The van der Waals surface area contributed by atoms with Crippen LogP contribution in [0.1, 0.15) is 18.4 Å². The maximum Gasteiger partial charge on any atom is 0.319 e. The number of urea groups is 1. The fourth-order valence-electron chi connectivity index (χ4n) is 3.84. The van der Waals surface area contributed by atoms with Gasteiger partial charge in [-0.1, -0.05) is 41.4 Å². The van der Waals surface area contributed by atoms with Crippen LogP contribution in [0.3, 0.4) is 0 Å². The van der Waals surface area contributed by atoms with Crippen molar-refractivity contribution in [2.24, 2.45) is 0 Å². The Kier molecular flexibility index (Phi) is 6.28. The van der Waals surface area contributed by atoms with Crippen molar-refractivity contribution in [2.75, 3.05) is 25.0 Å². The van der Waals surface area contributed by atoms with E-state index in [0.29, 0.717) is 15.7 Å². The average molecular weight is 431 g/mol. The molecule has 3 N–H and O–H groups in total. The third kappa shape index (κ3) is 5.04. The third-order valence-electron chi connectivity index (χ3n) is 5.47. The molecular weight excluding hydrogens is 407 g/mol. The molecule has 3 aromatic rings. The molecule has 1 aromatic heterocycles. The summed E-state index contributed by atoms with van der Waals surface area (Å²) >= 11 is 11.9. The predicted molar refractivity (Wildman–Crippen MR) is 120 cm³/mol. The second-order valence-corrected chi connectivity index (χ2v) is 8.27. The van der Waals surface area contributed by atoms with Gasteiger partial charge in [-0.15, -0.1) is 0 Å². The van der Waals surface area contributed by atoms with E-state index in [-0.39, 0.29) is 12.1 Å². The van der Waals surface area contributed by atoms with E-state index < -0.39 is 0 Å². The summed E-state index contributed by atoms with van der Waals surface area (Å²) in [6, 6.07) is 13.5. The first-order valence-electron chi connectivity index (χ1n) is 9.88. The number of benzene rings is 2. The molecular formula is C22H24Cl2N4O. The number of nitrogens with one attached hydrogen (secondary N) is 3. The quantitative estimate of drug-likeness (QED) is 0.513. The van der Waals surface area contributed by atoms with Gasteiger partial charge in [0.1, 0.15) is 0 Å². The van der Waals surface area contributed by atoms with Gasteiger partial charge in [0.15, 0.2) is 0 Å². The van der Waals surface area contributed by atoms with E-state index in [9.17, 15) is 4.79 Å². The van der Waals surface area contributed by atoms with Gasteiger partial charge >= 0.3 is 6.03 Å². The Morgan fingerprint density at radius 1 is 1.10 bits per heavy atom. The number of H-pyrrole nitrogens is 1. The number of aromatic nitrogens is 1. The van der Waals surface area contributed by atoms with Crippen molar-refractivity contribution in [3.63, 3.8) is 0 Å². The Balaban J connectivity index is 1.22. The van der Waals surface area contributed by atoms with Crippen LogP contribution < -0.4 is 10.6 Å². The summed E-state index contributed by atoms with van der Waals surface area (Å²) in [6.07, 6.45) is 5.04. The highest BCUT2D eigenvalue weighted by Gasteiger charge is 2.21. The molecule has 1 saturated heterocycles. The molecule has 152 valence electrons. The van der Waals surface area contributed by atoms with Crippen LogP contribution in [0.2, 0.25) is 10.0 Å². The number of carbonyl (C=O) groups excluding carboxylic acids is 1. The van der Waals surface area contributed by atoms with Gasteiger partial charge in [0.05, 0.1) is 10.0 Å². The highest BCUT2D eigenvalue weighted by Crippen LogP contribution is 2.25. The summed E-state index contributed by atoms with van der Waals surface area (Å²) in [7, 11) is 0. The zero-order valence-corrected chi connectivity index (χ0v) is 17.6. The third-order valence-corrected chi connectivity index (χ3v) is 6.21. The Morgan fingerprint density at radius 2 is 1.90 bits per heavy atom. The molecule has 1 aliphatic rings. The molecule has 0 radical (unpaired) electrons. The number of hydrogen-bond donors (Lipinski definition) is 3. The Bertz CT molecular complexity index is 995. The van der Waals surface area contributed by atoms with E-state index in [1.165, 1.54) is 16.5 Å². The van der Waals surface area contributed by atoms with Gasteiger partial charge in [0.2, 0.25) is 0 Å². The molecule has 0 aliphatic carbocycles. The number of aromatic amines is 1. The topological polar surface area (TPSA) is 60.2 Å². The lowest BCUT2D eigenvalue weighted by Crippen LogP contribution is -2.46. The zero-order chi connectivity index (χ0) is 20.2. The van der Waals surface area contributed by atoms with Crippen molar-refractivity contribution in [3.8, 4) is 0 Å². The Morgan fingerprint density at radius 3 is 2.69 bits per heavy atom. The number of hydrogen-bond acceptors (Lipinski definition) is 2. The van der Waals surface area contributed by atoms with Crippen molar-refractivity contribution < 1.29 is 4.79 Å². The van der Waals surface area contributed by atoms with E-state index >= 15 is 0 Å². The lowest BCUT2D eigenvalue weighted by molar-refractivity contribution is 0.197. The van der Waals surface area contributed by atoms with Gasteiger partial charge in [0.25, 0.3) is 0 Å². The molecule has 0 saturated carbocycles. The summed E-state index contributed by atoms with van der Waals surface area (Å²) in [5, 5.41) is 8.08. The van der Waals surface area contributed by atoms with Crippen LogP contribution in [0.5, 0.6) is 0 Å². The number of amides is 2. The molecule has 1 aliphatic heterocycles. The van der Waals surface area contributed by atoms with Gasteiger partial charge in [-0.3, -0.25) is 0 Å². The Hall–Kier alpha value is -2.21. The lowest BCUT2D eigenvalue weighted by Gasteiger charge is -2.32. The van der Waals surface area contributed by atoms with Crippen LogP contribution >= 0.6 is 23.2 Å². The molecule has 7 heteroatoms. The maximum atomic E-state index is 12.2. The van der Waals surface area contributed by atoms with E-state index in [2.05, 4.69) is 51.0 Å². The monoisotopic (exact) mass is 430 g/mol. The number of anilines is 1. The average Bonchev–Trinajstić information content (AvgIpc) is 3.13. The number of carbonyl (C=O) groups is 1. The molecule has 0 bridgehead atoms. The Labute approximate surface area is 180 Å². The van der Waals surface area contributed by atoms with E-state index in [1.807, 2.05) is 0 Å². The van der Waals surface area contributed by atoms with Crippen molar-refractivity contribution in [3.05, 3.63) is 64.3 Å². The number of nitrogens with zero attached hydrogens (tertiary/aromatic N) is 1. The molecule has 5 nitrogen and oxygen atoms in total. The highest BCUT2D eigenvalue weighted by atomic mass is 35.5. The molecule has 2 amide bonds. The van der Waals surface area contributed by atoms with Crippen LogP contribution in [0, 0.1) is 0 Å². The normalized spacial score (nSPS) is 15.5.